The Hall–Kier alpha value is -1.65. The number of rotatable bonds is 4. The lowest BCUT2D eigenvalue weighted by atomic mass is 10.2. The third-order valence-corrected chi connectivity index (χ3v) is 3.56. The number of benzene rings is 1. The van der Waals surface area contributed by atoms with E-state index in [4.69, 9.17) is 0 Å². The Morgan fingerprint density at radius 2 is 2.06 bits per heavy atom. The average molecular weight is 261 g/mol. The Labute approximate surface area is 110 Å². The highest BCUT2D eigenvalue weighted by molar-refractivity contribution is 7.10. The first-order valence-electron chi connectivity index (χ1n) is 5.73. The molecule has 0 fully saturated rings. The fourth-order valence-electron chi connectivity index (χ4n) is 1.61. The SMILES string of the molecule is Cc1ccc(NC(=O)CC(O)c2cccs2)cc1. The summed E-state index contributed by atoms with van der Waals surface area (Å²) in [6.07, 6.45) is -0.649. The van der Waals surface area contributed by atoms with Crippen molar-refractivity contribution in [3.63, 3.8) is 0 Å². The van der Waals surface area contributed by atoms with Crippen LogP contribution in [0.2, 0.25) is 0 Å². The maximum absolute atomic E-state index is 11.7. The maximum Gasteiger partial charge on any atom is 0.227 e. The Morgan fingerprint density at radius 1 is 1.33 bits per heavy atom. The van der Waals surface area contributed by atoms with Gasteiger partial charge in [-0.1, -0.05) is 23.8 Å². The van der Waals surface area contributed by atoms with E-state index in [1.54, 1.807) is 0 Å². The van der Waals surface area contributed by atoms with Crippen molar-refractivity contribution in [2.75, 3.05) is 5.32 Å². The number of aliphatic hydroxyl groups excluding tert-OH is 1. The summed E-state index contributed by atoms with van der Waals surface area (Å²) in [6.45, 7) is 1.99. The summed E-state index contributed by atoms with van der Waals surface area (Å²) in [5, 5.41) is 14.5. The minimum atomic E-state index is -0.726. The maximum atomic E-state index is 11.7. The molecule has 94 valence electrons. The summed E-state index contributed by atoms with van der Waals surface area (Å²) in [4.78, 5) is 12.6. The van der Waals surface area contributed by atoms with Crippen LogP contribution in [-0.4, -0.2) is 11.0 Å². The molecule has 1 aromatic carbocycles. The lowest BCUT2D eigenvalue weighted by Gasteiger charge is -2.09. The number of hydrogen-bond acceptors (Lipinski definition) is 3. The largest absolute Gasteiger partial charge is 0.387 e. The van der Waals surface area contributed by atoms with Gasteiger partial charge in [0.05, 0.1) is 12.5 Å². The Bertz CT molecular complexity index is 505. The molecule has 1 aromatic heterocycles. The molecule has 0 bridgehead atoms. The summed E-state index contributed by atoms with van der Waals surface area (Å²) in [5.41, 5.74) is 1.90. The van der Waals surface area contributed by atoms with Crippen LogP contribution in [0.4, 0.5) is 5.69 Å². The highest BCUT2D eigenvalue weighted by Gasteiger charge is 2.13. The summed E-state index contributed by atoms with van der Waals surface area (Å²) in [6, 6.07) is 11.3. The number of thiophene rings is 1. The molecule has 1 heterocycles. The number of aryl methyl sites for hydroxylation is 1. The molecular formula is C14H15NO2S. The van der Waals surface area contributed by atoms with Crippen LogP contribution in [0.1, 0.15) is 23.0 Å². The van der Waals surface area contributed by atoms with E-state index in [0.717, 1.165) is 16.1 Å². The minimum Gasteiger partial charge on any atom is -0.387 e. The van der Waals surface area contributed by atoms with Gasteiger partial charge in [-0.15, -0.1) is 11.3 Å². The van der Waals surface area contributed by atoms with Crippen LogP contribution in [0.25, 0.3) is 0 Å². The third kappa shape index (κ3) is 3.42. The van der Waals surface area contributed by atoms with Gasteiger partial charge in [0.2, 0.25) is 5.91 Å². The van der Waals surface area contributed by atoms with Crippen molar-refractivity contribution in [2.45, 2.75) is 19.4 Å². The van der Waals surface area contributed by atoms with Crippen LogP contribution in [0.3, 0.4) is 0 Å². The number of aliphatic hydroxyl groups is 1. The number of nitrogens with one attached hydrogen (secondary N) is 1. The summed E-state index contributed by atoms with van der Waals surface area (Å²) in [7, 11) is 0. The first-order chi connectivity index (χ1) is 8.65. The van der Waals surface area contributed by atoms with E-state index in [1.165, 1.54) is 11.3 Å². The Balaban J connectivity index is 1.91. The topological polar surface area (TPSA) is 49.3 Å². The first-order valence-corrected chi connectivity index (χ1v) is 6.61. The van der Waals surface area contributed by atoms with Gasteiger partial charge in [-0.05, 0) is 30.5 Å². The summed E-state index contributed by atoms with van der Waals surface area (Å²) >= 11 is 1.45. The lowest BCUT2D eigenvalue weighted by Crippen LogP contribution is -2.14. The van der Waals surface area contributed by atoms with E-state index in [-0.39, 0.29) is 12.3 Å². The Kier molecular flexibility index (Phi) is 4.12. The molecule has 1 amide bonds. The zero-order valence-electron chi connectivity index (χ0n) is 10.1. The van der Waals surface area contributed by atoms with E-state index in [9.17, 15) is 9.90 Å². The van der Waals surface area contributed by atoms with Gasteiger partial charge in [0, 0.05) is 10.6 Å². The molecule has 0 aliphatic carbocycles. The molecule has 1 unspecified atom stereocenters. The zero-order valence-corrected chi connectivity index (χ0v) is 10.9. The predicted molar refractivity (Wildman–Crippen MR) is 73.7 cm³/mol. The third-order valence-electron chi connectivity index (χ3n) is 2.59. The molecule has 2 aromatic rings. The van der Waals surface area contributed by atoms with Crippen molar-refractivity contribution >= 4 is 22.9 Å². The van der Waals surface area contributed by atoms with Gasteiger partial charge in [0.15, 0.2) is 0 Å². The van der Waals surface area contributed by atoms with E-state index in [2.05, 4.69) is 5.32 Å². The molecule has 0 aliphatic rings. The van der Waals surface area contributed by atoms with Gasteiger partial charge < -0.3 is 10.4 Å². The van der Waals surface area contributed by atoms with Crippen LogP contribution >= 0.6 is 11.3 Å². The second-order valence-electron chi connectivity index (χ2n) is 4.15. The Morgan fingerprint density at radius 3 is 2.67 bits per heavy atom. The van der Waals surface area contributed by atoms with Gasteiger partial charge in [-0.2, -0.15) is 0 Å². The van der Waals surface area contributed by atoms with Crippen molar-refractivity contribution in [3.8, 4) is 0 Å². The number of hydrogen-bond donors (Lipinski definition) is 2. The fourth-order valence-corrected chi connectivity index (χ4v) is 2.32. The van der Waals surface area contributed by atoms with E-state index in [1.807, 2.05) is 48.7 Å². The van der Waals surface area contributed by atoms with Gasteiger partial charge >= 0.3 is 0 Å². The highest BCUT2D eigenvalue weighted by atomic mass is 32.1. The average Bonchev–Trinajstić information content (AvgIpc) is 2.85. The van der Waals surface area contributed by atoms with Crippen LogP contribution in [0.15, 0.2) is 41.8 Å². The quantitative estimate of drug-likeness (QED) is 0.888. The minimum absolute atomic E-state index is 0.0778. The fraction of sp³-hybridized carbons (Fsp3) is 0.214. The molecule has 0 saturated heterocycles. The number of anilines is 1. The molecule has 0 aliphatic heterocycles. The van der Waals surface area contributed by atoms with Crippen molar-refractivity contribution in [1.82, 2.24) is 0 Å². The molecule has 2 N–H and O–H groups in total. The van der Waals surface area contributed by atoms with Gasteiger partial charge in [-0.3, -0.25) is 4.79 Å². The van der Waals surface area contributed by atoms with Crippen molar-refractivity contribution < 1.29 is 9.90 Å². The van der Waals surface area contributed by atoms with Gasteiger partial charge in [0.1, 0.15) is 0 Å². The van der Waals surface area contributed by atoms with Crippen molar-refractivity contribution in [1.29, 1.82) is 0 Å². The molecule has 0 saturated carbocycles. The van der Waals surface area contributed by atoms with E-state index < -0.39 is 6.10 Å². The van der Waals surface area contributed by atoms with Gasteiger partial charge in [-0.25, -0.2) is 0 Å². The number of carbonyl (C=O) groups excluding carboxylic acids is 1. The number of carbonyl (C=O) groups is 1. The van der Waals surface area contributed by atoms with Crippen LogP contribution in [0, 0.1) is 6.92 Å². The smallest absolute Gasteiger partial charge is 0.227 e. The molecule has 4 heteroatoms. The molecule has 1 atom stereocenters. The zero-order chi connectivity index (χ0) is 13.0. The van der Waals surface area contributed by atoms with Gasteiger partial charge in [0.25, 0.3) is 0 Å². The summed E-state index contributed by atoms with van der Waals surface area (Å²) < 4.78 is 0. The second kappa shape index (κ2) is 5.80. The molecule has 0 spiro atoms. The van der Waals surface area contributed by atoms with E-state index >= 15 is 0 Å². The van der Waals surface area contributed by atoms with Crippen LogP contribution in [0.5, 0.6) is 0 Å². The number of amides is 1. The van der Waals surface area contributed by atoms with Crippen LogP contribution in [-0.2, 0) is 4.79 Å². The lowest BCUT2D eigenvalue weighted by molar-refractivity contribution is -0.118. The second-order valence-corrected chi connectivity index (χ2v) is 5.13. The van der Waals surface area contributed by atoms with Crippen molar-refractivity contribution in [3.05, 3.63) is 52.2 Å². The molecular weight excluding hydrogens is 246 g/mol. The predicted octanol–water partition coefficient (Wildman–Crippen LogP) is 3.12. The summed E-state index contributed by atoms with van der Waals surface area (Å²) in [5.74, 6) is -0.181. The molecule has 0 radical (unpaired) electrons. The highest BCUT2D eigenvalue weighted by Crippen LogP contribution is 2.22. The first kappa shape index (κ1) is 12.8. The van der Waals surface area contributed by atoms with Crippen molar-refractivity contribution in [2.24, 2.45) is 0 Å². The molecule has 18 heavy (non-hydrogen) atoms. The van der Waals surface area contributed by atoms with E-state index in [0.29, 0.717) is 0 Å². The normalized spacial score (nSPS) is 12.1. The molecule has 3 nitrogen and oxygen atoms in total. The van der Waals surface area contributed by atoms with Crippen LogP contribution < -0.4 is 5.32 Å². The molecule has 2 rings (SSSR count). The monoisotopic (exact) mass is 261 g/mol. The standard InChI is InChI=1S/C14H15NO2S/c1-10-4-6-11(7-5-10)15-14(17)9-12(16)13-3-2-8-18-13/h2-8,12,16H,9H2,1H3,(H,15,17).